The minimum Gasteiger partial charge on any atom is -0.368 e. The van der Waals surface area contributed by atoms with Crippen molar-refractivity contribution < 1.29 is 9.84 Å². The van der Waals surface area contributed by atoms with Crippen LogP contribution in [0.1, 0.15) is 46.5 Å². The lowest BCUT2D eigenvalue weighted by molar-refractivity contribution is -0.136. The molecule has 0 bridgehead atoms. The van der Waals surface area contributed by atoms with E-state index in [1.54, 1.807) is 0 Å². The van der Waals surface area contributed by atoms with Crippen LogP contribution in [0.25, 0.3) is 0 Å². The van der Waals surface area contributed by atoms with E-state index in [-0.39, 0.29) is 0 Å². The van der Waals surface area contributed by atoms with E-state index in [9.17, 15) is 5.11 Å². The Morgan fingerprint density at radius 1 is 1.17 bits per heavy atom. The molecule has 0 radical (unpaired) electrons. The van der Waals surface area contributed by atoms with E-state index in [4.69, 9.17) is 4.74 Å². The van der Waals surface area contributed by atoms with E-state index in [1.165, 1.54) is 0 Å². The summed E-state index contributed by atoms with van der Waals surface area (Å²) in [5.41, 5.74) is 0. The van der Waals surface area contributed by atoms with E-state index in [2.05, 4.69) is 20.8 Å². The van der Waals surface area contributed by atoms with Crippen molar-refractivity contribution in [1.29, 1.82) is 0 Å². The number of ether oxygens (including phenoxy) is 1. The maximum Gasteiger partial charge on any atom is 0.157 e. The van der Waals surface area contributed by atoms with Crippen LogP contribution in [0.15, 0.2) is 0 Å². The van der Waals surface area contributed by atoms with Crippen LogP contribution in [-0.4, -0.2) is 18.0 Å². The molecule has 0 spiro atoms. The monoisotopic (exact) mass is 174 g/mol. The molecule has 0 amide bonds. The Balaban J connectivity index is 3.47. The lowest BCUT2D eigenvalue weighted by atomic mass is 10.0. The predicted molar refractivity (Wildman–Crippen MR) is 50.9 cm³/mol. The number of hydrogen-bond donors (Lipinski definition) is 1. The zero-order valence-electron chi connectivity index (χ0n) is 8.55. The van der Waals surface area contributed by atoms with Crippen molar-refractivity contribution in [3.05, 3.63) is 0 Å². The van der Waals surface area contributed by atoms with Crippen LogP contribution in [0.5, 0.6) is 0 Å². The van der Waals surface area contributed by atoms with Gasteiger partial charge in [0.1, 0.15) is 0 Å². The molecule has 0 aromatic heterocycles. The second-order valence-corrected chi connectivity index (χ2v) is 3.19. The van der Waals surface area contributed by atoms with Gasteiger partial charge in [0.05, 0.1) is 0 Å². The standard InChI is InChI=1S/C10H22O2/c1-4-7-8-12-10(11)9(5-2)6-3/h9-11H,4-8H2,1-3H3. The topological polar surface area (TPSA) is 29.5 Å². The molecule has 0 rings (SSSR count). The van der Waals surface area contributed by atoms with Crippen molar-refractivity contribution in [3.63, 3.8) is 0 Å². The molecule has 0 aromatic rings. The van der Waals surface area contributed by atoms with Crippen molar-refractivity contribution >= 4 is 0 Å². The number of aliphatic hydroxyl groups excluding tert-OH is 1. The normalized spacial score (nSPS) is 13.8. The fraction of sp³-hybridized carbons (Fsp3) is 1.00. The summed E-state index contributed by atoms with van der Waals surface area (Å²) >= 11 is 0. The molecule has 0 saturated carbocycles. The van der Waals surface area contributed by atoms with E-state index in [0.29, 0.717) is 12.5 Å². The van der Waals surface area contributed by atoms with Crippen molar-refractivity contribution in [1.82, 2.24) is 0 Å². The SMILES string of the molecule is CCCCOC(O)C(CC)CC. The van der Waals surface area contributed by atoms with Crippen LogP contribution < -0.4 is 0 Å². The van der Waals surface area contributed by atoms with Gasteiger partial charge in [-0.05, 0) is 19.3 Å². The van der Waals surface area contributed by atoms with E-state index in [0.717, 1.165) is 25.7 Å². The summed E-state index contributed by atoms with van der Waals surface area (Å²) in [5, 5.41) is 9.51. The summed E-state index contributed by atoms with van der Waals surface area (Å²) in [6.07, 6.45) is 3.59. The summed E-state index contributed by atoms with van der Waals surface area (Å²) < 4.78 is 5.28. The summed E-state index contributed by atoms with van der Waals surface area (Å²) in [4.78, 5) is 0. The van der Waals surface area contributed by atoms with Gasteiger partial charge in [0, 0.05) is 12.5 Å². The Bertz CT molecular complexity index is 89.8. The largest absolute Gasteiger partial charge is 0.368 e. The highest BCUT2D eigenvalue weighted by molar-refractivity contribution is 4.57. The van der Waals surface area contributed by atoms with Gasteiger partial charge < -0.3 is 9.84 Å². The quantitative estimate of drug-likeness (QED) is 0.475. The van der Waals surface area contributed by atoms with Gasteiger partial charge in [0.2, 0.25) is 0 Å². The van der Waals surface area contributed by atoms with Gasteiger partial charge in [-0.25, -0.2) is 0 Å². The molecule has 2 heteroatoms. The van der Waals surface area contributed by atoms with Gasteiger partial charge in [0.15, 0.2) is 6.29 Å². The molecule has 0 aliphatic carbocycles. The number of rotatable bonds is 7. The first kappa shape index (κ1) is 11.9. The van der Waals surface area contributed by atoms with Gasteiger partial charge >= 0.3 is 0 Å². The minimum absolute atomic E-state index is 0.307. The maximum atomic E-state index is 9.51. The van der Waals surface area contributed by atoms with Crippen molar-refractivity contribution in [3.8, 4) is 0 Å². The Morgan fingerprint density at radius 2 is 1.75 bits per heavy atom. The molecular formula is C10H22O2. The predicted octanol–water partition coefficient (Wildman–Crippen LogP) is 2.56. The minimum atomic E-state index is -0.549. The van der Waals surface area contributed by atoms with Crippen molar-refractivity contribution in [2.24, 2.45) is 5.92 Å². The molecule has 0 aliphatic heterocycles. The first-order valence-electron chi connectivity index (χ1n) is 5.05. The smallest absolute Gasteiger partial charge is 0.157 e. The van der Waals surface area contributed by atoms with Crippen molar-refractivity contribution in [2.45, 2.75) is 52.7 Å². The molecule has 74 valence electrons. The zero-order chi connectivity index (χ0) is 9.40. The molecule has 0 aliphatic rings. The fourth-order valence-electron chi connectivity index (χ4n) is 1.18. The van der Waals surface area contributed by atoms with E-state index < -0.39 is 6.29 Å². The highest BCUT2D eigenvalue weighted by atomic mass is 16.6. The molecule has 1 unspecified atom stereocenters. The van der Waals surface area contributed by atoms with E-state index in [1.807, 2.05) is 0 Å². The molecule has 1 N–H and O–H groups in total. The average molecular weight is 174 g/mol. The Kier molecular flexibility index (Phi) is 7.51. The third-order valence-corrected chi connectivity index (χ3v) is 2.24. The Labute approximate surface area is 75.9 Å². The highest BCUT2D eigenvalue weighted by Crippen LogP contribution is 2.14. The number of hydrogen-bond acceptors (Lipinski definition) is 2. The van der Waals surface area contributed by atoms with Crippen LogP contribution in [0.2, 0.25) is 0 Å². The van der Waals surface area contributed by atoms with Gasteiger partial charge in [-0.1, -0.05) is 27.2 Å². The molecule has 0 aromatic carbocycles. The molecule has 12 heavy (non-hydrogen) atoms. The second kappa shape index (κ2) is 7.56. The van der Waals surface area contributed by atoms with Gasteiger partial charge in [-0.15, -0.1) is 0 Å². The third kappa shape index (κ3) is 4.73. The fourth-order valence-corrected chi connectivity index (χ4v) is 1.18. The van der Waals surface area contributed by atoms with Crippen LogP contribution in [0.3, 0.4) is 0 Å². The summed E-state index contributed by atoms with van der Waals surface area (Å²) in [7, 11) is 0. The van der Waals surface area contributed by atoms with E-state index >= 15 is 0 Å². The van der Waals surface area contributed by atoms with Crippen LogP contribution in [0.4, 0.5) is 0 Å². The van der Waals surface area contributed by atoms with Gasteiger partial charge in [-0.2, -0.15) is 0 Å². The Hall–Kier alpha value is -0.0800. The third-order valence-electron chi connectivity index (χ3n) is 2.24. The average Bonchev–Trinajstić information content (AvgIpc) is 2.07. The highest BCUT2D eigenvalue weighted by Gasteiger charge is 2.14. The second-order valence-electron chi connectivity index (χ2n) is 3.19. The van der Waals surface area contributed by atoms with Crippen LogP contribution in [-0.2, 0) is 4.74 Å². The first-order valence-corrected chi connectivity index (χ1v) is 5.05. The molecule has 0 fully saturated rings. The Morgan fingerprint density at radius 3 is 2.17 bits per heavy atom. The molecular weight excluding hydrogens is 152 g/mol. The van der Waals surface area contributed by atoms with Gasteiger partial charge in [-0.3, -0.25) is 0 Å². The summed E-state index contributed by atoms with van der Waals surface area (Å²) in [6, 6.07) is 0. The van der Waals surface area contributed by atoms with Crippen molar-refractivity contribution in [2.75, 3.05) is 6.61 Å². The zero-order valence-corrected chi connectivity index (χ0v) is 8.55. The lowest BCUT2D eigenvalue weighted by Gasteiger charge is -2.19. The lowest BCUT2D eigenvalue weighted by Crippen LogP contribution is -2.23. The van der Waals surface area contributed by atoms with Crippen LogP contribution >= 0.6 is 0 Å². The summed E-state index contributed by atoms with van der Waals surface area (Å²) in [6.45, 7) is 6.97. The first-order chi connectivity index (χ1) is 5.76. The molecule has 1 atom stereocenters. The molecule has 0 saturated heterocycles. The number of aliphatic hydroxyl groups is 1. The number of unbranched alkanes of at least 4 members (excludes halogenated alkanes) is 1. The summed E-state index contributed by atoms with van der Waals surface area (Å²) in [5.74, 6) is 0.307. The molecule has 2 nitrogen and oxygen atoms in total. The molecule has 0 heterocycles. The van der Waals surface area contributed by atoms with Gasteiger partial charge in [0.25, 0.3) is 0 Å². The van der Waals surface area contributed by atoms with Crippen LogP contribution in [0, 0.1) is 5.92 Å². The maximum absolute atomic E-state index is 9.51.